The summed E-state index contributed by atoms with van der Waals surface area (Å²) in [6.07, 6.45) is 1.00. The van der Waals surface area contributed by atoms with E-state index in [1.54, 1.807) is 25.2 Å². The topological polar surface area (TPSA) is 67.2 Å². The molecule has 0 spiro atoms. The van der Waals surface area contributed by atoms with E-state index in [2.05, 4.69) is 24.5 Å². The standard InChI is InChI=1S/C12H19N3O/c1-4-8(2)15-11-7-9(12(16)14-3)5-6-10(11)13/h5-8,15H,4,13H2,1-3H3,(H,14,16). The second kappa shape index (κ2) is 5.39. The molecule has 1 unspecified atom stereocenters. The van der Waals surface area contributed by atoms with Gasteiger partial charge in [-0.2, -0.15) is 0 Å². The molecule has 0 fully saturated rings. The molecule has 1 amide bonds. The van der Waals surface area contributed by atoms with Crippen LogP contribution in [0.4, 0.5) is 11.4 Å². The fraction of sp³-hybridized carbons (Fsp3) is 0.417. The second-order valence-corrected chi connectivity index (χ2v) is 3.83. The Labute approximate surface area is 96.2 Å². The van der Waals surface area contributed by atoms with Crippen LogP contribution in [-0.4, -0.2) is 19.0 Å². The molecule has 1 atom stereocenters. The molecule has 0 aliphatic heterocycles. The molecule has 4 nitrogen and oxygen atoms in total. The smallest absolute Gasteiger partial charge is 0.251 e. The Balaban J connectivity index is 2.94. The number of benzene rings is 1. The van der Waals surface area contributed by atoms with Gasteiger partial charge in [0.25, 0.3) is 5.91 Å². The highest BCUT2D eigenvalue weighted by molar-refractivity contribution is 5.96. The normalized spacial score (nSPS) is 11.9. The first kappa shape index (κ1) is 12.4. The molecule has 0 aliphatic carbocycles. The molecular formula is C12H19N3O. The summed E-state index contributed by atoms with van der Waals surface area (Å²) in [5.41, 5.74) is 7.93. The van der Waals surface area contributed by atoms with Crippen LogP contribution >= 0.6 is 0 Å². The van der Waals surface area contributed by atoms with Gasteiger partial charge in [0.2, 0.25) is 0 Å². The van der Waals surface area contributed by atoms with Crippen LogP contribution in [0.1, 0.15) is 30.6 Å². The zero-order chi connectivity index (χ0) is 12.1. The molecule has 0 heterocycles. The van der Waals surface area contributed by atoms with E-state index in [0.717, 1.165) is 12.1 Å². The molecule has 0 aromatic heterocycles. The number of carbonyl (C=O) groups excluding carboxylic acids is 1. The van der Waals surface area contributed by atoms with Crippen LogP contribution in [0.25, 0.3) is 0 Å². The van der Waals surface area contributed by atoms with Gasteiger partial charge in [0.05, 0.1) is 11.4 Å². The predicted molar refractivity (Wildman–Crippen MR) is 67.6 cm³/mol. The third-order valence-electron chi connectivity index (χ3n) is 2.56. The van der Waals surface area contributed by atoms with Crippen molar-refractivity contribution >= 4 is 17.3 Å². The Morgan fingerprint density at radius 1 is 1.50 bits per heavy atom. The second-order valence-electron chi connectivity index (χ2n) is 3.83. The minimum Gasteiger partial charge on any atom is -0.397 e. The number of amides is 1. The Hall–Kier alpha value is -1.71. The van der Waals surface area contributed by atoms with Gasteiger partial charge in [-0.1, -0.05) is 6.92 Å². The van der Waals surface area contributed by atoms with Gasteiger partial charge >= 0.3 is 0 Å². The number of nitrogen functional groups attached to an aromatic ring is 1. The molecule has 1 aromatic carbocycles. The third kappa shape index (κ3) is 2.89. The van der Waals surface area contributed by atoms with E-state index in [0.29, 0.717) is 17.3 Å². The van der Waals surface area contributed by atoms with Crippen LogP contribution in [0.2, 0.25) is 0 Å². The number of hydrogen-bond acceptors (Lipinski definition) is 3. The molecule has 0 saturated carbocycles. The molecule has 16 heavy (non-hydrogen) atoms. The summed E-state index contributed by atoms with van der Waals surface area (Å²) >= 11 is 0. The number of nitrogens with one attached hydrogen (secondary N) is 2. The average molecular weight is 221 g/mol. The van der Waals surface area contributed by atoms with Crippen LogP contribution in [0.15, 0.2) is 18.2 Å². The lowest BCUT2D eigenvalue weighted by Crippen LogP contribution is -2.19. The van der Waals surface area contributed by atoms with Crippen LogP contribution < -0.4 is 16.4 Å². The molecule has 4 N–H and O–H groups in total. The number of nitrogens with two attached hydrogens (primary N) is 1. The first-order chi connectivity index (χ1) is 7.58. The van der Waals surface area contributed by atoms with Gasteiger partial charge in [-0.25, -0.2) is 0 Å². The summed E-state index contributed by atoms with van der Waals surface area (Å²) < 4.78 is 0. The fourth-order valence-corrected chi connectivity index (χ4v) is 1.33. The number of rotatable bonds is 4. The lowest BCUT2D eigenvalue weighted by atomic mass is 10.1. The van der Waals surface area contributed by atoms with Crippen LogP contribution in [0, 0.1) is 0 Å². The van der Waals surface area contributed by atoms with Gasteiger partial charge in [-0.3, -0.25) is 4.79 Å². The Kier molecular flexibility index (Phi) is 4.17. The Morgan fingerprint density at radius 2 is 2.19 bits per heavy atom. The molecule has 0 aliphatic rings. The zero-order valence-corrected chi connectivity index (χ0v) is 10.0. The molecule has 88 valence electrons. The summed E-state index contributed by atoms with van der Waals surface area (Å²) in [4.78, 5) is 11.5. The maximum absolute atomic E-state index is 11.5. The number of anilines is 2. The van der Waals surface area contributed by atoms with E-state index in [-0.39, 0.29) is 5.91 Å². The first-order valence-corrected chi connectivity index (χ1v) is 5.46. The van der Waals surface area contributed by atoms with E-state index in [1.165, 1.54) is 0 Å². The van der Waals surface area contributed by atoms with Crippen molar-refractivity contribution in [2.24, 2.45) is 0 Å². The summed E-state index contributed by atoms with van der Waals surface area (Å²) in [5, 5.41) is 5.86. The van der Waals surface area contributed by atoms with E-state index < -0.39 is 0 Å². The largest absolute Gasteiger partial charge is 0.397 e. The third-order valence-corrected chi connectivity index (χ3v) is 2.56. The van der Waals surface area contributed by atoms with Crippen molar-refractivity contribution in [3.63, 3.8) is 0 Å². The van der Waals surface area contributed by atoms with Crippen molar-refractivity contribution in [2.75, 3.05) is 18.1 Å². The van der Waals surface area contributed by atoms with E-state index >= 15 is 0 Å². The van der Waals surface area contributed by atoms with E-state index in [1.807, 2.05) is 0 Å². The minimum absolute atomic E-state index is 0.104. The van der Waals surface area contributed by atoms with Gasteiger partial charge < -0.3 is 16.4 Å². The summed E-state index contributed by atoms with van der Waals surface area (Å²) in [5.74, 6) is -0.104. The van der Waals surface area contributed by atoms with Crippen molar-refractivity contribution < 1.29 is 4.79 Å². The fourth-order valence-electron chi connectivity index (χ4n) is 1.33. The van der Waals surface area contributed by atoms with Crippen molar-refractivity contribution in [3.8, 4) is 0 Å². The van der Waals surface area contributed by atoms with Gasteiger partial charge in [-0.05, 0) is 31.5 Å². The Morgan fingerprint density at radius 3 is 2.75 bits per heavy atom. The van der Waals surface area contributed by atoms with Crippen LogP contribution in [-0.2, 0) is 0 Å². The van der Waals surface area contributed by atoms with Gasteiger partial charge in [0, 0.05) is 18.7 Å². The monoisotopic (exact) mass is 221 g/mol. The highest BCUT2D eigenvalue weighted by Crippen LogP contribution is 2.21. The zero-order valence-electron chi connectivity index (χ0n) is 10.0. The van der Waals surface area contributed by atoms with Crippen molar-refractivity contribution in [2.45, 2.75) is 26.3 Å². The van der Waals surface area contributed by atoms with Gasteiger partial charge in [0.15, 0.2) is 0 Å². The average Bonchev–Trinajstić information content (AvgIpc) is 2.30. The minimum atomic E-state index is -0.104. The van der Waals surface area contributed by atoms with Gasteiger partial charge in [0.1, 0.15) is 0 Å². The van der Waals surface area contributed by atoms with Crippen molar-refractivity contribution in [1.82, 2.24) is 5.32 Å². The van der Waals surface area contributed by atoms with Crippen molar-refractivity contribution in [1.29, 1.82) is 0 Å². The molecule has 0 radical (unpaired) electrons. The highest BCUT2D eigenvalue weighted by atomic mass is 16.1. The summed E-state index contributed by atoms with van der Waals surface area (Å²) in [6.45, 7) is 4.17. The lowest BCUT2D eigenvalue weighted by Gasteiger charge is -2.15. The summed E-state index contributed by atoms with van der Waals surface area (Å²) in [6, 6.07) is 5.58. The van der Waals surface area contributed by atoms with Crippen molar-refractivity contribution in [3.05, 3.63) is 23.8 Å². The van der Waals surface area contributed by atoms with E-state index in [9.17, 15) is 4.79 Å². The lowest BCUT2D eigenvalue weighted by molar-refractivity contribution is 0.0963. The highest BCUT2D eigenvalue weighted by Gasteiger charge is 2.08. The maximum atomic E-state index is 11.5. The molecule has 1 rings (SSSR count). The predicted octanol–water partition coefficient (Wildman–Crippen LogP) is 1.84. The molecular weight excluding hydrogens is 202 g/mol. The number of carbonyl (C=O) groups is 1. The SMILES string of the molecule is CCC(C)Nc1cc(C(=O)NC)ccc1N. The van der Waals surface area contributed by atoms with E-state index in [4.69, 9.17) is 5.73 Å². The summed E-state index contributed by atoms with van der Waals surface area (Å²) in [7, 11) is 1.61. The first-order valence-electron chi connectivity index (χ1n) is 5.46. The van der Waals surface area contributed by atoms with Crippen LogP contribution in [0.3, 0.4) is 0 Å². The maximum Gasteiger partial charge on any atom is 0.251 e. The Bertz CT molecular complexity index is 377. The molecule has 0 bridgehead atoms. The molecule has 1 aromatic rings. The molecule has 4 heteroatoms. The van der Waals surface area contributed by atoms with Gasteiger partial charge in [-0.15, -0.1) is 0 Å². The quantitative estimate of drug-likeness (QED) is 0.680. The van der Waals surface area contributed by atoms with Crippen LogP contribution in [0.5, 0.6) is 0 Å². The molecule has 0 saturated heterocycles. The number of hydrogen-bond donors (Lipinski definition) is 3.